The Hall–Kier alpha value is -1.35. The highest BCUT2D eigenvalue weighted by molar-refractivity contribution is 5.94. The lowest BCUT2D eigenvalue weighted by Crippen LogP contribution is -2.35. The van der Waals surface area contributed by atoms with E-state index in [4.69, 9.17) is 0 Å². The molecule has 1 amide bonds. The fourth-order valence-electron chi connectivity index (χ4n) is 2.40. The molecule has 1 aromatic carbocycles. The number of likely N-dealkylation sites (tertiary alicyclic amines) is 1. The van der Waals surface area contributed by atoms with Crippen molar-refractivity contribution in [2.45, 2.75) is 19.8 Å². The van der Waals surface area contributed by atoms with Crippen LogP contribution in [-0.4, -0.2) is 48.9 Å². The lowest BCUT2D eigenvalue weighted by atomic mass is 10.1. The number of rotatable bonds is 4. The van der Waals surface area contributed by atoms with E-state index in [9.17, 15) is 4.79 Å². The van der Waals surface area contributed by atoms with Crippen LogP contribution in [0, 0.1) is 6.92 Å². The number of likely N-dealkylation sites (N-methyl/N-ethyl adjacent to an activating group) is 1. The first-order valence-electron chi connectivity index (χ1n) is 6.71. The van der Waals surface area contributed by atoms with Gasteiger partial charge in [0.15, 0.2) is 0 Å². The van der Waals surface area contributed by atoms with Gasteiger partial charge < -0.3 is 9.80 Å². The maximum Gasteiger partial charge on any atom is 0.253 e. The molecule has 0 radical (unpaired) electrons. The van der Waals surface area contributed by atoms with Crippen LogP contribution in [0.3, 0.4) is 0 Å². The van der Waals surface area contributed by atoms with Crippen LogP contribution in [0.2, 0.25) is 0 Å². The summed E-state index contributed by atoms with van der Waals surface area (Å²) in [4.78, 5) is 16.5. The molecule has 1 aliphatic rings. The molecule has 1 fully saturated rings. The Morgan fingerprint density at radius 3 is 2.72 bits per heavy atom. The Labute approximate surface area is 109 Å². The van der Waals surface area contributed by atoms with E-state index >= 15 is 0 Å². The largest absolute Gasteiger partial charge is 0.340 e. The van der Waals surface area contributed by atoms with E-state index in [0.29, 0.717) is 0 Å². The van der Waals surface area contributed by atoms with Crippen molar-refractivity contribution in [2.24, 2.45) is 0 Å². The first kappa shape index (κ1) is 13.1. The van der Waals surface area contributed by atoms with Crippen LogP contribution in [0.5, 0.6) is 0 Å². The van der Waals surface area contributed by atoms with Crippen molar-refractivity contribution in [1.29, 1.82) is 0 Å². The van der Waals surface area contributed by atoms with E-state index < -0.39 is 0 Å². The molecular formula is C15H22N2O. The summed E-state index contributed by atoms with van der Waals surface area (Å²) in [7, 11) is 1.89. The standard InChI is InChI=1S/C15H22N2O/c1-13-6-5-7-14(12-13)15(18)16(2)10-11-17-8-3-4-9-17/h5-7,12H,3-4,8-11H2,1-2H3. The van der Waals surface area contributed by atoms with E-state index in [1.165, 1.54) is 25.9 Å². The van der Waals surface area contributed by atoms with Crippen molar-refractivity contribution in [2.75, 3.05) is 33.2 Å². The van der Waals surface area contributed by atoms with Gasteiger partial charge in [0.2, 0.25) is 0 Å². The fourth-order valence-corrected chi connectivity index (χ4v) is 2.40. The van der Waals surface area contributed by atoms with Gasteiger partial charge in [0.1, 0.15) is 0 Å². The summed E-state index contributed by atoms with van der Waals surface area (Å²) >= 11 is 0. The third kappa shape index (κ3) is 3.33. The van der Waals surface area contributed by atoms with E-state index in [1.54, 1.807) is 0 Å². The monoisotopic (exact) mass is 246 g/mol. The first-order valence-corrected chi connectivity index (χ1v) is 6.71. The fraction of sp³-hybridized carbons (Fsp3) is 0.533. The quantitative estimate of drug-likeness (QED) is 0.813. The van der Waals surface area contributed by atoms with Gasteiger partial charge in [-0.2, -0.15) is 0 Å². The predicted octanol–water partition coefficient (Wildman–Crippen LogP) is 2.16. The number of carbonyl (C=O) groups is 1. The zero-order valence-corrected chi connectivity index (χ0v) is 11.4. The Morgan fingerprint density at radius 1 is 1.33 bits per heavy atom. The normalized spacial score (nSPS) is 15.9. The minimum atomic E-state index is 0.123. The predicted molar refractivity (Wildman–Crippen MR) is 73.8 cm³/mol. The van der Waals surface area contributed by atoms with Crippen molar-refractivity contribution in [3.05, 3.63) is 35.4 Å². The molecule has 0 saturated carbocycles. The van der Waals surface area contributed by atoms with Gasteiger partial charge in [-0.15, -0.1) is 0 Å². The number of hydrogen-bond acceptors (Lipinski definition) is 2. The molecule has 1 aliphatic heterocycles. The maximum atomic E-state index is 12.2. The molecule has 3 heteroatoms. The summed E-state index contributed by atoms with van der Waals surface area (Å²) < 4.78 is 0. The minimum absolute atomic E-state index is 0.123. The summed E-state index contributed by atoms with van der Waals surface area (Å²) in [5, 5.41) is 0. The summed E-state index contributed by atoms with van der Waals surface area (Å²) in [6.07, 6.45) is 2.60. The Kier molecular flexibility index (Phi) is 4.37. The zero-order valence-electron chi connectivity index (χ0n) is 11.4. The van der Waals surface area contributed by atoms with Crippen LogP contribution >= 0.6 is 0 Å². The average molecular weight is 246 g/mol. The number of hydrogen-bond donors (Lipinski definition) is 0. The van der Waals surface area contributed by atoms with Crippen molar-refractivity contribution in [1.82, 2.24) is 9.80 Å². The van der Waals surface area contributed by atoms with Gasteiger partial charge in [0.05, 0.1) is 0 Å². The number of aryl methyl sites for hydroxylation is 1. The molecule has 0 unspecified atom stereocenters. The average Bonchev–Trinajstić information content (AvgIpc) is 2.88. The molecule has 0 atom stereocenters. The second kappa shape index (κ2) is 6.01. The highest BCUT2D eigenvalue weighted by atomic mass is 16.2. The summed E-state index contributed by atoms with van der Waals surface area (Å²) in [6.45, 7) is 6.20. The topological polar surface area (TPSA) is 23.6 Å². The third-order valence-electron chi connectivity index (χ3n) is 3.56. The van der Waals surface area contributed by atoms with Crippen LogP contribution in [0.25, 0.3) is 0 Å². The van der Waals surface area contributed by atoms with E-state index in [1.807, 2.05) is 43.1 Å². The highest BCUT2D eigenvalue weighted by Gasteiger charge is 2.15. The molecule has 0 bridgehead atoms. The molecule has 18 heavy (non-hydrogen) atoms. The lowest BCUT2D eigenvalue weighted by Gasteiger charge is -2.21. The second-order valence-corrected chi connectivity index (χ2v) is 5.14. The number of nitrogens with zero attached hydrogens (tertiary/aromatic N) is 2. The number of benzene rings is 1. The molecule has 0 aromatic heterocycles. The van der Waals surface area contributed by atoms with Crippen LogP contribution in [0.1, 0.15) is 28.8 Å². The van der Waals surface area contributed by atoms with Crippen LogP contribution in [0.4, 0.5) is 0 Å². The molecule has 2 rings (SSSR count). The van der Waals surface area contributed by atoms with Gasteiger partial charge in [0, 0.05) is 25.7 Å². The summed E-state index contributed by atoms with van der Waals surface area (Å²) in [6, 6.07) is 7.80. The van der Waals surface area contributed by atoms with Gasteiger partial charge >= 0.3 is 0 Å². The van der Waals surface area contributed by atoms with Crippen molar-refractivity contribution in [3.63, 3.8) is 0 Å². The van der Waals surface area contributed by atoms with E-state index in [0.717, 1.165) is 24.2 Å². The minimum Gasteiger partial charge on any atom is -0.340 e. The van der Waals surface area contributed by atoms with Crippen LogP contribution < -0.4 is 0 Å². The van der Waals surface area contributed by atoms with Crippen molar-refractivity contribution in [3.8, 4) is 0 Å². The SMILES string of the molecule is Cc1cccc(C(=O)N(C)CCN2CCCC2)c1. The highest BCUT2D eigenvalue weighted by Crippen LogP contribution is 2.09. The van der Waals surface area contributed by atoms with Gasteiger partial charge in [-0.25, -0.2) is 0 Å². The molecule has 0 aliphatic carbocycles. The second-order valence-electron chi connectivity index (χ2n) is 5.14. The molecule has 1 heterocycles. The van der Waals surface area contributed by atoms with Crippen molar-refractivity contribution >= 4 is 5.91 Å². The zero-order chi connectivity index (χ0) is 13.0. The van der Waals surface area contributed by atoms with Gasteiger partial charge in [-0.1, -0.05) is 17.7 Å². The molecule has 0 N–H and O–H groups in total. The Bertz CT molecular complexity index is 411. The van der Waals surface area contributed by atoms with E-state index in [-0.39, 0.29) is 5.91 Å². The summed E-state index contributed by atoms with van der Waals surface area (Å²) in [5.74, 6) is 0.123. The Morgan fingerprint density at radius 2 is 2.06 bits per heavy atom. The van der Waals surface area contributed by atoms with Crippen LogP contribution in [0.15, 0.2) is 24.3 Å². The third-order valence-corrected chi connectivity index (χ3v) is 3.56. The smallest absolute Gasteiger partial charge is 0.253 e. The van der Waals surface area contributed by atoms with Crippen LogP contribution in [-0.2, 0) is 0 Å². The van der Waals surface area contributed by atoms with Crippen molar-refractivity contribution < 1.29 is 4.79 Å². The molecule has 1 aromatic rings. The summed E-state index contributed by atoms with van der Waals surface area (Å²) in [5.41, 5.74) is 1.92. The lowest BCUT2D eigenvalue weighted by molar-refractivity contribution is 0.0782. The number of carbonyl (C=O) groups excluding carboxylic acids is 1. The Balaban J connectivity index is 1.87. The van der Waals surface area contributed by atoms with Gasteiger partial charge in [-0.05, 0) is 45.0 Å². The van der Waals surface area contributed by atoms with Gasteiger partial charge in [0.25, 0.3) is 5.91 Å². The van der Waals surface area contributed by atoms with Gasteiger partial charge in [-0.3, -0.25) is 4.79 Å². The maximum absolute atomic E-state index is 12.2. The molecule has 3 nitrogen and oxygen atoms in total. The first-order chi connectivity index (χ1) is 8.66. The number of amides is 1. The molecule has 1 saturated heterocycles. The molecule has 98 valence electrons. The molecule has 0 spiro atoms. The van der Waals surface area contributed by atoms with E-state index in [2.05, 4.69) is 4.90 Å². The molecular weight excluding hydrogens is 224 g/mol.